The zero-order chi connectivity index (χ0) is 19.8. The standard InChI is InChI=1S/C16H16N4O4S3/c1-10-3-4-13(16-15(10)11(7-17)8-18-16)20-27(23,24)14-9-25-19-12(14)5-6-26(2,21)22/h3-4,8-9,18,20H,5-6H2,1-2H3. The molecule has 0 aliphatic heterocycles. The van der Waals surface area contributed by atoms with Crippen molar-refractivity contribution in [3.8, 4) is 6.07 Å². The number of aryl methyl sites for hydroxylation is 2. The lowest BCUT2D eigenvalue weighted by molar-refractivity contribution is 0.596. The Bertz CT molecular complexity index is 1260. The molecule has 0 atom stereocenters. The second-order valence-corrected chi connectivity index (χ2v) is 10.6. The quantitative estimate of drug-likeness (QED) is 0.623. The first-order valence-corrected chi connectivity index (χ1v) is 12.1. The Morgan fingerprint density at radius 1 is 1.30 bits per heavy atom. The molecule has 2 N–H and O–H groups in total. The number of aromatic nitrogens is 2. The summed E-state index contributed by atoms with van der Waals surface area (Å²) >= 11 is 0.953. The van der Waals surface area contributed by atoms with Gasteiger partial charge < -0.3 is 4.98 Å². The first kappa shape index (κ1) is 19.3. The second-order valence-electron chi connectivity index (χ2n) is 6.11. The molecule has 0 radical (unpaired) electrons. The van der Waals surface area contributed by atoms with Crippen molar-refractivity contribution in [3.05, 3.63) is 40.5 Å². The van der Waals surface area contributed by atoms with Gasteiger partial charge in [0.2, 0.25) is 0 Å². The molecule has 0 spiro atoms. The van der Waals surface area contributed by atoms with Crippen LogP contribution < -0.4 is 4.72 Å². The molecule has 3 rings (SSSR count). The van der Waals surface area contributed by atoms with Crippen LogP contribution in [0.4, 0.5) is 5.69 Å². The molecule has 0 saturated carbocycles. The molecule has 0 saturated heterocycles. The van der Waals surface area contributed by atoms with Crippen molar-refractivity contribution in [2.24, 2.45) is 0 Å². The van der Waals surface area contributed by atoms with Crippen LogP contribution in [0.15, 0.2) is 28.6 Å². The third-order valence-corrected chi connectivity index (χ3v) is 7.20. The number of fused-ring (bicyclic) bond motifs is 1. The number of nitrogens with zero attached hydrogens (tertiary/aromatic N) is 2. The molecular weight excluding hydrogens is 408 g/mol. The zero-order valence-electron chi connectivity index (χ0n) is 14.5. The van der Waals surface area contributed by atoms with Gasteiger partial charge in [0.15, 0.2) is 0 Å². The number of hydrogen-bond acceptors (Lipinski definition) is 7. The average Bonchev–Trinajstić information content (AvgIpc) is 3.22. The number of hydrogen-bond donors (Lipinski definition) is 2. The number of sulfonamides is 1. The molecule has 3 aromatic rings. The van der Waals surface area contributed by atoms with Crippen molar-refractivity contribution in [3.63, 3.8) is 0 Å². The number of H-pyrrole nitrogens is 1. The molecule has 27 heavy (non-hydrogen) atoms. The Balaban J connectivity index is 1.99. The fraction of sp³-hybridized carbons (Fsp3) is 0.250. The van der Waals surface area contributed by atoms with E-state index in [1.807, 2.05) is 6.92 Å². The van der Waals surface area contributed by atoms with Gasteiger partial charge in [-0.2, -0.15) is 9.64 Å². The molecule has 11 heteroatoms. The largest absolute Gasteiger partial charge is 0.358 e. The van der Waals surface area contributed by atoms with Crippen LogP contribution in [-0.2, 0) is 26.3 Å². The topological polar surface area (TPSA) is 133 Å². The van der Waals surface area contributed by atoms with E-state index in [4.69, 9.17) is 0 Å². The predicted molar refractivity (Wildman–Crippen MR) is 104 cm³/mol. The number of rotatable bonds is 6. The van der Waals surface area contributed by atoms with E-state index in [2.05, 4.69) is 20.1 Å². The van der Waals surface area contributed by atoms with Crippen LogP contribution in [-0.4, -0.2) is 38.2 Å². The highest BCUT2D eigenvalue weighted by atomic mass is 32.2. The predicted octanol–water partition coefficient (Wildman–Crippen LogP) is 2.19. The van der Waals surface area contributed by atoms with Gasteiger partial charge in [0.1, 0.15) is 20.8 Å². The maximum atomic E-state index is 12.8. The molecule has 0 aliphatic carbocycles. The van der Waals surface area contributed by atoms with E-state index in [0.717, 1.165) is 23.4 Å². The van der Waals surface area contributed by atoms with E-state index in [-0.39, 0.29) is 22.8 Å². The summed E-state index contributed by atoms with van der Waals surface area (Å²) in [5, 5.41) is 11.2. The third-order valence-electron chi connectivity index (χ3n) is 4.01. The van der Waals surface area contributed by atoms with Gasteiger partial charge in [-0.3, -0.25) is 4.72 Å². The summed E-state index contributed by atoms with van der Waals surface area (Å²) in [4.78, 5) is 2.89. The minimum Gasteiger partial charge on any atom is -0.358 e. The number of sulfone groups is 1. The second kappa shape index (κ2) is 6.95. The van der Waals surface area contributed by atoms with Gasteiger partial charge in [0.05, 0.1) is 28.2 Å². The van der Waals surface area contributed by atoms with Gasteiger partial charge >= 0.3 is 0 Å². The van der Waals surface area contributed by atoms with Crippen molar-refractivity contribution >= 4 is 48.0 Å². The van der Waals surface area contributed by atoms with E-state index >= 15 is 0 Å². The van der Waals surface area contributed by atoms with Crippen molar-refractivity contribution in [1.29, 1.82) is 5.26 Å². The Kier molecular flexibility index (Phi) is 4.98. The number of benzene rings is 1. The fourth-order valence-corrected chi connectivity index (χ4v) is 5.60. The van der Waals surface area contributed by atoms with Crippen molar-refractivity contribution in [2.45, 2.75) is 18.2 Å². The van der Waals surface area contributed by atoms with Crippen molar-refractivity contribution in [2.75, 3.05) is 16.7 Å². The smallest absolute Gasteiger partial charge is 0.264 e. The van der Waals surface area contributed by atoms with Crippen LogP contribution in [0.1, 0.15) is 16.8 Å². The van der Waals surface area contributed by atoms with Crippen LogP contribution in [0.5, 0.6) is 0 Å². The molecule has 0 fully saturated rings. The number of nitriles is 1. The van der Waals surface area contributed by atoms with Crippen LogP contribution in [0, 0.1) is 18.3 Å². The van der Waals surface area contributed by atoms with E-state index < -0.39 is 19.9 Å². The lowest BCUT2D eigenvalue weighted by Crippen LogP contribution is -2.16. The summed E-state index contributed by atoms with van der Waals surface area (Å²) < 4.78 is 55.0. The lowest BCUT2D eigenvalue weighted by Gasteiger charge is -2.10. The van der Waals surface area contributed by atoms with Gasteiger partial charge in [-0.05, 0) is 30.1 Å². The normalized spacial score (nSPS) is 12.2. The summed E-state index contributed by atoms with van der Waals surface area (Å²) in [5.74, 6) is -0.184. The summed E-state index contributed by atoms with van der Waals surface area (Å²) in [5.41, 5.74) is 2.30. The average molecular weight is 425 g/mol. The lowest BCUT2D eigenvalue weighted by atomic mass is 10.1. The van der Waals surface area contributed by atoms with Gasteiger partial charge in [-0.25, -0.2) is 16.8 Å². The maximum absolute atomic E-state index is 12.8. The highest BCUT2D eigenvalue weighted by Crippen LogP contribution is 2.30. The number of nitrogens with one attached hydrogen (secondary N) is 2. The highest BCUT2D eigenvalue weighted by Gasteiger charge is 2.23. The SMILES string of the molecule is Cc1ccc(NS(=O)(=O)c2csnc2CCS(C)(=O)=O)c2[nH]cc(C#N)c12. The highest BCUT2D eigenvalue weighted by molar-refractivity contribution is 7.93. The molecule has 0 aliphatic rings. The van der Waals surface area contributed by atoms with Crippen LogP contribution in [0.2, 0.25) is 0 Å². The minimum atomic E-state index is -3.97. The van der Waals surface area contributed by atoms with E-state index in [0.29, 0.717) is 22.2 Å². The van der Waals surface area contributed by atoms with Crippen molar-refractivity contribution in [1.82, 2.24) is 9.36 Å². The Morgan fingerprint density at radius 3 is 2.70 bits per heavy atom. The Labute approximate surface area is 161 Å². The third kappa shape index (κ3) is 3.97. The minimum absolute atomic E-state index is 0.0168. The summed E-state index contributed by atoms with van der Waals surface area (Å²) in [6, 6.07) is 5.42. The molecule has 0 bridgehead atoms. The van der Waals surface area contributed by atoms with Gasteiger partial charge in [-0.15, -0.1) is 0 Å². The molecule has 8 nitrogen and oxygen atoms in total. The summed E-state index contributed by atoms with van der Waals surface area (Å²) in [6.07, 6.45) is 2.63. The molecule has 1 aromatic carbocycles. The molecule has 0 unspecified atom stereocenters. The summed E-state index contributed by atoms with van der Waals surface area (Å²) in [6.45, 7) is 1.83. The van der Waals surface area contributed by atoms with Gasteiger partial charge in [-0.1, -0.05) is 6.07 Å². The summed E-state index contributed by atoms with van der Waals surface area (Å²) in [7, 11) is -7.21. The van der Waals surface area contributed by atoms with E-state index in [1.54, 1.807) is 12.1 Å². The Morgan fingerprint density at radius 2 is 2.04 bits per heavy atom. The van der Waals surface area contributed by atoms with Gasteiger partial charge in [0, 0.05) is 29.6 Å². The molecular formula is C16H16N4O4S3. The molecule has 2 aromatic heterocycles. The molecule has 142 valence electrons. The first-order valence-electron chi connectivity index (χ1n) is 7.77. The van der Waals surface area contributed by atoms with Crippen LogP contribution in [0.3, 0.4) is 0 Å². The molecule has 2 heterocycles. The maximum Gasteiger partial charge on any atom is 0.264 e. The van der Waals surface area contributed by atoms with E-state index in [9.17, 15) is 22.1 Å². The fourth-order valence-electron chi connectivity index (χ4n) is 2.71. The van der Waals surface area contributed by atoms with E-state index in [1.165, 1.54) is 11.6 Å². The van der Waals surface area contributed by atoms with Crippen LogP contribution in [0.25, 0.3) is 10.9 Å². The number of aromatic amines is 1. The van der Waals surface area contributed by atoms with Crippen molar-refractivity contribution < 1.29 is 16.8 Å². The van der Waals surface area contributed by atoms with Gasteiger partial charge in [0.25, 0.3) is 10.0 Å². The Hall–Kier alpha value is -2.42. The number of anilines is 1. The first-order chi connectivity index (χ1) is 12.6. The van der Waals surface area contributed by atoms with Crippen LogP contribution >= 0.6 is 11.5 Å². The zero-order valence-corrected chi connectivity index (χ0v) is 16.9. The molecule has 0 amide bonds. The monoisotopic (exact) mass is 424 g/mol.